The van der Waals surface area contributed by atoms with Gasteiger partial charge in [0.1, 0.15) is 11.5 Å². The van der Waals surface area contributed by atoms with E-state index in [1.54, 1.807) is 0 Å². The van der Waals surface area contributed by atoms with Gasteiger partial charge in [0.2, 0.25) is 0 Å². The van der Waals surface area contributed by atoms with Crippen LogP contribution in [0.1, 0.15) is 11.1 Å². The highest BCUT2D eigenvalue weighted by Crippen LogP contribution is 2.29. The molecule has 0 saturated heterocycles. The van der Waals surface area contributed by atoms with Gasteiger partial charge in [-0.25, -0.2) is 0 Å². The molecule has 0 saturated carbocycles. The predicted molar refractivity (Wildman–Crippen MR) is 65.9 cm³/mol. The van der Waals surface area contributed by atoms with Crippen LogP contribution in [0, 0.1) is 0 Å². The molecule has 2 rings (SSSR count). The molecule has 3 nitrogen and oxygen atoms in total. The van der Waals surface area contributed by atoms with E-state index in [2.05, 4.69) is 0 Å². The van der Waals surface area contributed by atoms with Gasteiger partial charge in [0.05, 0.1) is 6.26 Å². The second-order valence-corrected chi connectivity index (χ2v) is 3.65. The van der Waals surface area contributed by atoms with Crippen molar-refractivity contribution in [1.29, 1.82) is 0 Å². The van der Waals surface area contributed by atoms with Crippen LogP contribution in [0.2, 0.25) is 0 Å². The number of hydrogen-bond acceptors (Lipinski definition) is 3. The van der Waals surface area contributed by atoms with Gasteiger partial charge in [0.25, 0.3) is 0 Å². The fraction of sp³-hybridized carbons (Fsp3) is 0. The maximum Gasteiger partial charge on any atom is 0.119 e. The lowest BCUT2D eigenvalue weighted by molar-refractivity contribution is 0.450. The molecule has 0 unspecified atom stereocenters. The topological polar surface area (TPSA) is 60.7 Å². The normalized spacial score (nSPS) is 11.4. The van der Waals surface area contributed by atoms with Gasteiger partial charge in [-0.15, -0.1) is 0 Å². The summed E-state index contributed by atoms with van der Waals surface area (Å²) in [5.41, 5.74) is 1.90. The van der Waals surface area contributed by atoms with Crippen LogP contribution in [-0.2, 0) is 0 Å². The summed E-state index contributed by atoms with van der Waals surface area (Å²) in [4.78, 5) is 0. The number of benzene rings is 2. The van der Waals surface area contributed by atoms with Crippen molar-refractivity contribution in [2.75, 3.05) is 0 Å². The van der Waals surface area contributed by atoms with Crippen molar-refractivity contribution in [3.63, 3.8) is 0 Å². The van der Waals surface area contributed by atoms with E-state index in [1.165, 1.54) is 18.2 Å². The Hall–Kier alpha value is -2.42. The molecule has 0 fully saturated rings. The smallest absolute Gasteiger partial charge is 0.119 e. The minimum absolute atomic E-state index is 0.0460. The summed E-state index contributed by atoms with van der Waals surface area (Å²) >= 11 is 0. The molecule has 2 aromatic carbocycles. The molecule has 0 amide bonds. The fourth-order valence-electron chi connectivity index (χ4n) is 1.68. The van der Waals surface area contributed by atoms with Crippen LogP contribution < -0.4 is 0 Å². The molecule has 0 heterocycles. The van der Waals surface area contributed by atoms with Crippen LogP contribution in [0.15, 0.2) is 54.8 Å². The third kappa shape index (κ3) is 2.39. The zero-order valence-electron chi connectivity index (χ0n) is 9.04. The molecule has 2 aromatic rings. The summed E-state index contributed by atoms with van der Waals surface area (Å²) < 4.78 is 0. The average Bonchev–Trinajstić information content (AvgIpc) is 2.30. The van der Waals surface area contributed by atoms with Crippen molar-refractivity contribution < 1.29 is 15.3 Å². The first-order valence-corrected chi connectivity index (χ1v) is 5.14. The van der Waals surface area contributed by atoms with E-state index >= 15 is 0 Å². The SMILES string of the molecule is OC=C(c1ccccc1)c1cc(O)cc(O)c1. The maximum atomic E-state index is 9.42. The number of aliphatic hydroxyl groups excluding tert-OH is 1. The van der Waals surface area contributed by atoms with Crippen LogP contribution in [-0.4, -0.2) is 15.3 Å². The van der Waals surface area contributed by atoms with Crippen LogP contribution in [0.25, 0.3) is 5.57 Å². The molecule has 0 aliphatic rings. The third-order valence-corrected chi connectivity index (χ3v) is 2.43. The van der Waals surface area contributed by atoms with Gasteiger partial charge in [-0.3, -0.25) is 0 Å². The van der Waals surface area contributed by atoms with E-state index in [4.69, 9.17) is 0 Å². The molecule has 3 heteroatoms. The quantitative estimate of drug-likeness (QED) is 0.692. The lowest BCUT2D eigenvalue weighted by atomic mass is 9.99. The van der Waals surface area contributed by atoms with Gasteiger partial charge >= 0.3 is 0 Å². The molecule has 0 bridgehead atoms. The molecule has 0 aliphatic carbocycles. The Kier molecular flexibility index (Phi) is 3.01. The lowest BCUT2D eigenvalue weighted by Gasteiger charge is -2.07. The molecule has 0 aliphatic heterocycles. The largest absolute Gasteiger partial charge is 0.515 e. The van der Waals surface area contributed by atoms with E-state index < -0.39 is 0 Å². The van der Waals surface area contributed by atoms with Crippen LogP contribution in [0.3, 0.4) is 0 Å². The maximum absolute atomic E-state index is 9.42. The van der Waals surface area contributed by atoms with Crippen molar-refractivity contribution in [1.82, 2.24) is 0 Å². The van der Waals surface area contributed by atoms with Crippen molar-refractivity contribution in [2.45, 2.75) is 0 Å². The van der Waals surface area contributed by atoms with E-state index in [0.717, 1.165) is 11.8 Å². The first kappa shape index (κ1) is 11.1. The van der Waals surface area contributed by atoms with Crippen molar-refractivity contribution >= 4 is 5.57 Å². The summed E-state index contributed by atoms with van der Waals surface area (Å²) in [7, 11) is 0. The van der Waals surface area contributed by atoms with Crippen LogP contribution in [0.4, 0.5) is 0 Å². The summed E-state index contributed by atoms with van der Waals surface area (Å²) in [5, 5.41) is 28.1. The van der Waals surface area contributed by atoms with E-state index in [1.807, 2.05) is 30.3 Å². The zero-order valence-corrected chi connectivity index (χ0v) is 9.04. The van der Waals surface area contributed by atoms with Gasteiger partial charge in [0, 0.05) is 11.6 Å². The highest BCUT2D eigenvalue weighted by molar-refractivity contribution is 5.80. The molecule has 17 heavy (non-hydrogen) atoms. The second-order valence-electron chi connectivity index (χ2n) is 3.65. The van der Waals surface area contributed by atoms with Gasteiger partial charge in [-0.2, -0.15) is 0 Å². The Morgan fingerprint density at radius 1 is 0.824 bits per heavy atom. The highest BCUT2D eigenvalue weighted by atomic mass is 16.3. The van der Waals surface area contributed by atoms with E-state index in [-0.39, 0.29) is 11.5 Å². The molecule has 0 spiro atoms. The number of phenols is 2. The summed E-state index contributed by atoms with van der Waals surface area (Å²) in [6, 6.07) is 13.4. The molecule has 3 N–H and O–H groups in total. The summed E-state index contributed by atoms with van der Waals surface area (Å²) in [6.45, 7) is 0. The number of phenolic OH excluding ortho intramolecular Hbond substituents is 2. The number of rotatable bonds is 2. The molecular weight excluding hydrogens is 216 g/mol. The summed E-state index contributed by atoms with van der Waals surface area (Å²) in [6.07, 6.45) is 0.962. The molecule has 0 radical (unpaired) electrons. The van der Waals surface area contributed by atoms with Gasteiger partial charge in [-0.05, 0) is 23.3 Å². The van der Waals surface area contributed by atoms with Gasteiger partial charge in [0.15, 0.2) is 0 Å². The Morgan fingerprint density at radius 3 is 1.94 bits per heavy atom. The lowest BCUT2D eigenvalue weighted by Crippen LogP contribution is -1.88. The van der Waals surface area contributed by atoms with Gasteiger partial charge in [-0.1, -0.05) is 30.3 Å². The standard InChI is InChI=1S/C14H12O3/c15-9-14(10-4-2-1-3-5-10)11-6-12(16)8-13(17)7-11/h1-9,15-17H. The Bertz CT molecular complexity index is 524. The fourth-order valence-corrected chi connectivity index (χ4v) is 1.68. The van der Waals surface area contributed by atoms with E-state index in [0.29, 0.717) is 11.1 Å². The van der Waals surface area contributed by atoms with Crippen LogP contribution >= 0.6 is 0 Å². The first-order valence-electron chi connectivity index (χ1n) is 5.14. The average molecular weight is 228 g/mol. The third-order valence-electron chi connectivity index (χ3n) is 2.43. The zero-order chi connectivity index (χ0) is 12.3. The van der Waals surface area contributed by atoms with Crippen molar-refractivity contribution in [3.8, 4) is 11.5 Å². The Morgan fingerprint density at radius 2 is 1.41 bits per heavy atom. The highest BCUT2D eigenvalue weighted by Gasteiger charge is 2.07. The molecular formula is C14H12O3. The monoisotopic (exact) mass is 228 g/mol. The van der Waals surface area contributed by atoms with Gasteiger partial charge < -0.3 is 15.3 Å². The number of hydrogen-bond donors (Lipinski definition) is 3. The van der Waals surface area contributed by atoms with E-state index in [9.17, 15) is 15.3 Å². The number of aliphatic hydroxyl groups is 1. The molecule has 0 atom stereocenters. The Balaban J connectivity index is 2.51. The number of aromatic hydroxyl groups is 2. The Labute approximate surface area is 98.9 Å². The minimum Gasteiger partial charge on any atom is -0.515 e. The second kappa shape index (κ2) is 4.61. The van der Waals surface area contributed by atoms with Crippen LogP contribution in [0.5, 0.6) is 11.5 Å². The molecule has 86 valence electrons. The van der Waals surface area contributed by atoms with Crippen molar-refractivity contribution in [2.24, 2.45) is 0 Å². The summed E-state index contributed by atoms with van der Waals surface area (Å²) in [5.74, 6) is -0.0921. The molecule has 0 aromatic heterocycles. The predicted octanol–water partition coefficient (Wildman–Crippen LogP) is 3.05. The first-order chi connectivity index (χ1) is 8.20. The van der Waals surface area contributed by atoms with Crippen molar-refractivity contribution in [3.05, 3.63) is 65.9 Å². The minimum atomic E-state index is -0.0460.